The molecule has 0 saturated heterocycles. The molecule has 0 bridgehead atoms. The normalized spacial score (nSPS) is 10.8. The zero-order valence-corrected chi connectivity index (χ0v) is 11.4. The van der Waals surface area contributed by atoms with Crippen molar-refractivity contribution >= 4 is 34.2 Å². The molecule has 4 heteroatoms. The lowest BCUT2D eigenvalue weighted by Crippen LogP contribution is -1.93. The van der Waals surface area contributed by atoms with Gasteiger partial charge in [-0.05, 0) is 30.3 Å². The number of ether oxygens (including phenoxy) is 1. The molecule has 0 radical (unpaired) electrons. The summed E-state index contributed by atoms with van der Waals surface area (Å²) in [5, 5.41) is 2.24. The van der Waals surface area contributed by atoms with Crippen LogP contribution in [0.15, 0.2) is 52.9 Å². The zero-order valence-electron chi connectivity index (χ0n) is 9.90. The second-order valence-electron chi connectivity index (χ2n) is 4.11. The lowest BCUT2D eigenvalue weighted by molar-refractivity contribution is 0.274. The highest BCUT2D eigenvalue weighted by Gasteiger charge is 2.06. The highest BCUT2D eigenvalue weighted by Crippen LogP contribution is 2.26. The van der Waals surface area contributed by atoms with Crippen LogP contribution in [0, 0.1) is 0 Å². The number of rotatable bonds is 3. The average molecular weight is 293 g/mol. The first-order chi connectivity index (χ1) is 9.22. The van der Waals surface area contributed by atoms with Crippen LogP contribution in [0.1, 0.15) is 5.76 Å². The molecule has 0 unspecified atom stereocenters. The van der Waals surface area contributed by atoms with E-state index in [0.717, 1.165) is 16.7 Å². The number of fused-ring (bicyclic) bond motifs is 1. The van der Waals surface area contributed by atoms with Crippen LogP contribution in [-0.4, -0.2) is 0 Å². The molecule has 3 rings (SSSR count). The van der Waals surface area contributed by atoms with Crippen molar-refractivity contribution in [2.75, 3.05) is 0 Å². The van der Waals surface area contributed by atoms with E-state index in [-0.39, 0.29) is 0 Å². The fourth-order valence-electron chi connectivity index (χ4n) is 1.84. The molecule has 0 amide bonds. The Bertz CT molecular complexity index is 719. The predicted octanol–water partition coefficient (Wildman–Crippen LogP) is 5.32. The minimum absolute atomic E-state index is 0.329. The first kappa shape index (κ1) is 12.4. The minimum Gasteiger partial charge on any atom is -0.484 e. The SMILES string of the molecule is Clc1ccc2cc(COc3ccccc3Cl)oc2c1. The molecule has 0 aliphatic rings. The van der Waals surface area contributed by atoms with Crippen LogP contribution < -0.4 is 4.74 Å². The van der Waals surface area contributed by atoms with Gasteiger partial charge < -0.3 is 9.15 Å². The molecule has 19 heavy (non-hydrogen) atoms. The molecule has 2 aromatic carbocycles. The summed E-state index contributed by atoms with van der Waals surface area (Å²) >= 11 is 11.9. The van der Waals surface area contributed by atoms with Gasteiger partial charge in [0.2, 0.25) is 0 Å². The van der Waals surface area contributed by atoms with Crippen molar-refractivity contribution in [2.45, 2.75) is 6.61 Å². The van der Waals surface area contributed by atoms with E-state index in [1.54, 1.807) is 12.1 Å². The van der Waals surface area contributed by atoms with Crippen LogP contribution >= 0.6 is 23.2 Å². The molecule has 0 saturated carbocycles. The molecule has 0 fully saturated rings. The van der Waals surface area contributed by atoms with Crippen molar-refractivity contribution in [3.05, 3.63) is 64.3 Å². The summed E-state index contributed by atoms with van der Waals surface area (Å²) < 4.78 is 11.3. The molecular weight excluding hydrogens is 283 g/mol. The number of para-hydroxylation sites is 1. The molecule has 0 N–H and O–H groups in total. The number of halogens is 2. The Morgan fingerprint density at radius 3 is 2.68 bits per heavy atom. The fraction of sp³-hybridized carbons (Fsp3) is 0.0667. The number of hydrogen-bond acceptors (Lipinski definition) is 2. The summed E-state index contributed by atoms with van der Waals surface area (Å²) in [4.78, 5) is 0. The maximum absolute atomic E-state index is 6.02. The molecule has 0 atom stereocenters. The topological polar surface area (TPSA) is 22.4 Å². The van der Waals surface area contributed by atoms with E-state index in [0.29, 0.717) is 22.4 Å². The van der Waals surface area contributed by atoms with Gasteiger partial charge in [-0.15, -0.1) is 0 Å². The van der Waals surface area contributed by atoms with Gasteiger partial charge in [-0.2, -0.15) is 0 Å². The fourth-order valence-corrected chi connectivity index (χ4v) is 2.19. The van der Waals surface area contributed by atoms with E-state index < -0.39 is 0 Å². The van der Waals surface area contributed by atoms with E-state index in [2.05, 4.69) is 0 Å². The molecule has 2 nitrogen and oxygen atoms in total. The summed E-state index contributed by atoms with van der Waals surface area (Å²) in [6, 6.07) is 14.8. The Morgan fingerprint density at radius 1 is 1.00 bits per heavy atom. The summed E-state index contributed by atoms with van der Waals surface area (Å²) in [5.41, 5.74) is 0.755. The van der Waals surface area contributed by atoms with Crippen molar-refractivity contribution in [2.24, 2.45) is 0 Å². The van der Waals surface area contributed by atoms with Crippen LogP contribution in [0.2, 0.25) is 10.0 Å². The summed E-state index contributed by atoms with van der Waals surface area (Å²) in [5.74, 6) is 1.37. The standard InChI is InChI=1S/C15H10Cl2O2/c16-11-6-5-10-7-12(19-15(10)8-11)9-18-14-4-2-1-3-13(14)17/h1-8H,9H2. The summed E-state index contributed by atoms with van der Waals surface area (Å²) in [6.07, 6.45) is 0. The molecule has 0 spiro atoms. The molecular formula is C15H10Cl2O2. The van der Waals surface area contributed by atoms with Gasteiger partial charge in [0.05, 0.1) is 5.02 Å². The lowest BCUT2D eigenvalue weighted by Gasteiger charge is -2.05. The number of benzene rings is 2. The molecule has 0 aliphatic heterocycles. The van der Waals surface area contributed by atoms with Crippen LogP contribution in [0.5, 0.6) is 5.75 Å². The second kappa shape index (κ2) is 5.16. The lowest BCUT2D eigenvalue weighted by atomic mass is 10.2. The predicted molar refractivity (Wildman–Crippen MR) is 77.0 cm³/mol. The van der Waals surface area contributed by atoms with Gasteiger partial charge in [0.1, 0.15) is 23.7 Å². The maximum atomic E-state index is 6.02. The van der Waals surface area contributed by atoms with Crippen molar-refractivity contribution in [3.63, 3.8) is 0 Å². The highest BCUT2D eigenvalue weighted by atomic mass is 35.5. The molecule has 0 aliphatic carbocycles. The number of furan rings is 1. The third kappa shape index (κ3) is 2.70. The van der Waals surface area contributed by atoms with Gasteiger partial charge in [-0.3, -0.25) is 0 Å². The number of hydrogen-bond donors (Lipinski definition) is 0. The first-order valence-corrected chi connectivity index (χ1v) is 6.53. The van der Waals surface area contributed by atoms with Crippen molar-refractivity contribution < 1.29 is 9.15 Å². The highest BCUT2D eigenvalue weighted by molar-refractivity contribution is 6.32. The zero-order chi connectivity index (χ0) is 13.2. The Morgan fingerprint density at radius 2 is 1.84 bits per heavy atom. The monoisotopic (exact) mass is 292 g/mol. The van der Waals surface area contributed by atoms with E-state index >= 15 is 0 Å². The summed E-state index contributed by atoms with van der Waals surface area (Å²) in [6.45, 7) is 0.329. The largest absolute Gasteiger partial charge is 0.484 e. The van der Waals surface area contributed by atoms with Crippen LogP contribution in [-0.2, 0) is 6.61 Å². The Hall–Kier alpha value is -1.64. The minimum atomic E-state index is 0.329. The third-order valence-electron chi connectivity index (χ3n) is 2.74. The van der Waals surface area contributed by atoms with Gasteiger partial charge in [-0.25, -0.2) is 0 Å². The van der Waals surface area contributed by atoms with Crippen molar-refractivity contribution in [1.29, 1.82) is 0 Å². The van der Waals surface area contributed by atoms with Crippen molar-refractivity contribution in [3.8, 4) is 5.75 Å². The molecule has 96 valence electrons. The van der Waals surface area contributed by atoms with Gasteiger partial charge in [0, 0.05) is 16.5 Å². The molecule has 3 aromatic rings. The van der Waals surface area contributed by atoms with Gasteiger partial charge in [0.25, 0.3) is 0 Å². The van der Waals surface area contributed by atoms with E-state index in [1.165, 1.54) is 0 Å². The molecule has 1 aromatic heterocycles. The van der Waals surface area contributed by atoms with Crippen LogP contribution in [0.4, 0.5) is 0 Å². The Labute approximate surface area is 120 Å². The Balaban J connectivity index is 1.80. The second-order valence-corrected chi connectivity index (χ2v) is 4.96. The Kier molecular flexibility index (Phi) is 3.36. The average Bonchev–Trinajstić information content (AvgIpc) is 2.79. The summed E-state index contributed by atoms with van der Waals surface area (Å²) in [7, 11) is 0. The third-order valence-corrected chi connectivity index (χ3v) is 3.29. The first-order valence-electron chi connectivity index (χ1n) is 5.78. The van der Waals surface area contributed by atoms with Crippen LogP contribution in [0.3, 0.4) is 0 Å². The van der Waals surface area contributed by atoms with Gasteiger partial charge >= 0.3 is 0 Å². The maximum Gasteiger partial charge on any atom is 0.146 e. The van der Waals surface area contributed by atoms with E-state index in [1.807, 2.05) is 36.4 Å². The smallest absolute Gasteiger partial charge is 0.146 e. The molecule has 1 heterocycles. The van der Waals surface area contributed by atoms with Gasteiger partial charge in [-0.1, -0.05) is 35.3 Å². The van der Waals surface area contributed by atoms with Crippen molar-refractivity contribution in [1.82, 2.24) is 0 Å². The van der Waals surface area contributed by atoms with E-state index in [9.17, 15) is 0 Å². The van der Waals surface area contributed by atoms with E-state index in [4.69, 9.17) is 32.4 Å². The quantitative estimate of drug-likeness (QED) is 0.652. The van der Waals surface area contributed by atoms with Crippen LogP contribution in [0.25, 0.3) is 11.0 Å². The van der Waals surface area contributed by atoms with Gasteiger partial charge in [0.15, 0.2) is 0 Å².